The zero-order valence-corrected chi connectivity index (χ0v) is 17.0. The summed E-state index contributed by atoms with van der Waals surface area (Å²) < 4.78 is 14.1. The lowest BCUT2D eigenvalue weighted by molar-refractivity contribution is -0.122. The van der Waals surface area contributed by atoms with Gasteiger partial charge in [0.15, 0.2) is 0 Å². The largest absolute Gasteiger partial charge is 0.373 e. The SMILES string of the molecule is Cc1ccc(F)c2c1NC(C(=O)N[C@@H]1CCC[C@@H](N3CCN4CNNC4C3)C1)C2. The number of nitrogens with zero attached hydrogens (tertiary/aromatic N) is 2. The average Bonchev–Trinajstić information content (AvgIpc) is 3.38. The van der Waals surface area contributed by atoms with Crippen LogP contribution in [-0.2, 0) is 11.2 Å². The molecule has 158 valence electrons. The molecule has 3 aliphatic heterocycles. The molecule has 4 N–H and O–H groups in total. The second kappa shape index (κ2) is 7.83. The van der Waals surface area contributed by atoms with Crippen LogP contribution in [-0.4, -0.2) is 66.3 Å². The second-order valence-corrected chi connectivity index (χ2v) is 8.95. The van der Waals surface area contributed by atoms with Crippen molar-refractivity contribution in [2.24, 2.45) is 0 Å². The molecule has 0 bridgehead atoms. The number of hydrazine groups is 1. The van der Waals surface area contributed by atoms with Crippen LogP contribution in [0.25, 0.3) is 0 Å². The van der Waals surface area contributed by atoms with Crippen molar-refractivity contribution in [2.75, 3.05) is 31.6 Å². The van der Waals surface area contributed by atoms with Gasteiger partial charge in [-0.2, -0.15) is 0 Å². The van der Waals surface area contributed by atoms with E-state index < -0.39 is 0 Å². The highest BCUT2D eigenvalue weighted by molar-refractivity contribution is 5.88. The predicted molar refractivity (Wildman–Crippen MR) is 110 cm³/mol. The van der Waals surface area contributed by atoms with E-state index >= 15 is 0 Å². The topological polar surface area (TPSA) is 71.7 Å². The van der Waals surface area contributed by atoms with E-state index in [0.29, 0.717) is 24.2 Å². The summed E-state index contributed by atoms with van der Waals surface area (Å²) in [4.78, 5) is 17.9. The summed E-state index contributed by atoms with van der Waals surface area (Å²) in [6, 6.07) is 3.61. The van der Waals surface area contributed by atoms with E-state index in [-0.39, 0.29) is 23.8 Å². The van der Waals surface area contributed by atoms with Crippen LogP contribution < -0.4 is 21.5 Å². The Balaban J connectivity index is 1.17. The lowest BCUT2D eigenvalue weighted by atomic mass is 9.89. The molecule has 29 heavy (non-hydrogen) atoms. The molecule has 2 saturated heterocycles. The summed E-state index contributed by atoms with van der Waals surface area (Å²) in [5, 5.41) is 6.51. The summed E-state index contributed by atoms with van der Waals surface area (Å²) in [5.74, 6) is -0.225. The van der Waals surface area contributed by atoms with Gasteiger partial charge in [-0.3, -0.25) is 14.6 Å². The Morgan fingerprint density at radius 2 is 2.10 bits per heavy atom. The van der Waals surface area contributed by atoms with Gasteiger partial charge in [0, 0.05) is 49.4 Å². The second-order valence-electron chi connectivity index (χ2n) is 8.95. The van der Waals surface area contributed by atoms with E-state index in [1.54, 1.807) is 6.07 Å². The summed E-state index contributed by atoms with van der Waals surface area (Å²) >= 11 is 0. The molecule has 2 unspecified atom stereocenters. The fourth-order valence-electron chi connectivity index (χ4n) is 5.42. The van der Waals surface area contributed by atoms with E-state index in [2.05, 4.69) is 31.3 Å². The summed E-state index contributed by atoms with van der Waals surface area (Å²) in [7, 11) is 0. The number of amides is 1. The molecule has 5 rings (SSSR count). The first kappa shape index (κ1) is 19.2. The van der Waals surface area contributed by atoms with E-state index in [4.69, 9.17) is 0 Å². The number of fused-ring (bicyclic) bond motifs is 2. The Morgan fingerprint density at radius 3 is 2.97 bits per heavy atom. The van der Waals surface area contributed by atoms with Gasteiger partial charge in [0.1, 0.15) is 11.9 Å². The first-order valence-corrected chi connectivity index (χ1v) is 10.9. The molecule has 0 spiro atoms. The van der Waals surface area contributed by atoms with Crippen LogP contribution in [0.3, 0.4) is 0 Å². The average molecular weight is 403 g/mol. The van der Waals surface area contributed by atoms with Gasteiger partial charge in [-0.1, -0.05) is 6.07 Å². The van der Waals surface area contributed by atoms with Crippen molar-refractivity contribution >= 4 is 11.6 Å². The van der Waals surface area contributed by atoms with Crippen molar-refractivity contribution in [3.63, 3.8) is 0 Å². The lowest BCUT2D eigenvalue weighted by Gasteiger charge is -2.43. The number of benzene rings is 1. The molecule has 1 saturated carbocycles. The van der Waals surface area contributed by atoms with Gasteiger partial charge >= 0.3 is 0 Å². The molecular formula is C21H31FN6O. The Kier molecular flexibility index (Phi) is 5.19. The molecule has 1 aromatic carbocycles. The summed E-state index contributed by atoms with van der Waals surface area (Å²) in [6.07, 6.45) is 5.17. The molecular weight excluding hydrogens is 371 g/mol. The van der Waals surface area contributed by atoms with Crippen molar-refractivity contribution in [2.45, 2.75) is 63.3 Å². The first-order valence-electron chi connectivity index (χ1n) is 10.9. The van der Waals surface area contributed by atoms with Crippen LogP contribution in [0.5, 0.6) is 0 Å². The highest BCUT2D eigenvalue weighted by Gasteiger charge is 2.36. The van der Waals surface area contributed by atoms with Crippen molar-refractivity contribution in [1.29, 1.82) is 0 Å². The minimum Gasteiger partial charge on any atom is -0.373 e. The number of carbonyl (C=O) groups is 1. The third-order valence-corrected chi connectivity index (χ3v) is 7.09. The number of nitrogens with one attached hydrogen (secondary N) is 4. The van der Waals surface area contributed by atoms with Gasteiger partial charge in [0.25, 0.3) is 0 Å². The molecule has 1 amide bonds. The van der Waals surface area contributed by atoms with Crippen LogP contribution in [0.2, 0.25) is 0 Å². The zero-order valence-electron chi connectivity index (χ0n) is 17.0. The first-order chi connectivity index (χ1) is 14.1. The standard InChI is InChI=1S/C21H31FN6O/c1-13-5-6-17(22)16-10-18(25-20(13)16)21(29)24-14-3-2-4-15(9-14)27-7-8-28-12-23-26-19(28)11-27/h5-6,14-15,18-19,23,25-26H,2-4,7-12H2,1H3,(H,24,29)/t14-,15-,18?,19?/m1/s1. The predicted octanol–water partition coefficient (Wildman–Crippen LogP) is 0.907. The number of hydrogen-bond donors (Lipinski definition) is 4. The number of piperazine rings is 1. The van der Waals surface area contributed by atoms with Gasteiger partial charge in [0.05, 0.1) is 12.8 Å². The smallest absolute Gasteiger partial charge is 0.243 e. The molecule has 1 aliphatic carbocycles. The highest BCUT2D eigenvalue weighted by atomic mass is 19.1. The van der Waals surface area contributed by atoms with Gasteiger partial charge in [-0.05, 0) is 44.2 Å². The molecule has 7 nitrogen and oxygen atoms in total. The molecule has 3 heterocycles. The van der Waals surface area contributed by atoms with Crippen LogP contribution in [0.4, 0.5) is 10.1 Å². The van der Waals surface area contributed by atoms with Crippen molar-refractivity contribution in [1.82, 2.24) is 26.0 Å². The maximum absolute atomic E-state index is 14.1. The molecule has 0 radical (unpaired) electrons. The molecule has 0 aromatic heterocycles. The van der Waals surface area contributed by atoms with Gasteiger partial charge in [-0.15, -0.1) is 0 Å². The van der Waals surface area contributed by atoms with Crippen molar-refractivity contribution in [3.05, 3.63) is 29.1 Å². The number of hydrogen-bond acceptors (Lipinski definition) is 6. The fourth-order valence-corrected chi connectivity index (χ4v) is 5.42. The fraction of sp³-hybridized carbons (Fsp3) is 0.667. The Morgan fingerprint density at radius 1 is 1.24 bits per heavy atom. The number of carbonyl (C=O) groups excluding carboxylic acids is 1. The monoisotopic (exact) mass is 402 g/mol. The molecule has 4 atom stereocenters. The summed E-state index contributed by atoms with van der Waals surface area (Å²) in [5.41, 5.74) is 9.00. The molecule has 8 heteroatoms. The van der Waals surface area contributed by atoms with Gasteiger partial charge in [0.2, 0.25) is 5.91 Å². The Bertz CT molecular complexity index is 758. The maximum Gasteiger partial charge on any atom is 0.243 e. The van der Waals surface area contributed by atoms with Crippen LogP contribution >= 0.6 is 0 Å². The minimum absolute atomic E-state index is 0.00266. The normalized spacial score (nSPS) is 32.5. The highest BCUT2D eigenvalue weighted by Crippen LogP contribution is 2.32. The minimum atomic E-state index is -0.377. The summed E-state index contributed by atoms with van der Waals surface area (Å²) in [6.45, 7) is 6.05. The maximum atomic E-state index is 14.1. The van der Waals surface area contributed by atoms with Crippen molar-refractivity contribution < 1.29 is 9.18 Å². The number of aryl methyl sites for hydroxylation is 1. The Hall–Kier alpha value is -1.74. The number of rotatable bonds is 3. The van der Waals surface area contributed by atoms with Crippen molar-refractivity contribution in [3.8, 4) is 0 Å². The quantitative estimate of drug-likeness (QED) is 0.603. The van der Waals surface area contributed by atoms with Crippen LogP contribution in [0.15, 0.2) is 12.1 Å². The van der Waals surface area contributed by atoms with Gasteiger partial charge in [-0.25, -0.2) is 15.2 Å². The van der Waals surface area contributed by atoms with Gasteiger partial charge < -0.3 is 10.6 Å². The van der Waals surface area contributed by atoms with E-state index in [1.807, 2.05) is 6.92 Å². The van der Waals surface area contributed by atoms with E-state index in [1.165, 1.54) is 12.5 Å². The zero-order chi connectivity index (χ0) is 20.0. The van der Waals surface area contributed by atoms with Crippen LogP contribution in [0.1, 0.15) is 36.8 Å². The third-order valence-electron chi connectivity index (χ3n) is 7.09. The van der Waals surface area contributed by atoms with E-state index in [9.17, 15) is 9.18 Å². The number of anilines is 1. The third kappa shape index (κ3) is 3.74. The van der Waals surface area contributed by atoms with E-state index in [0.717, 1.165) is 56.8 Å². The lowest BCUT2D eigenvalue weighted by Crippen LogP contribution is -2.58. The number of halogens is 1. The Labute approximate surface area is 171 Å². The van der Waals surface area contributed by atoms with Crippen LogP contribution in [0, 0.1) is 12.7 Å². The molecule has 1 aromatic rings. The molecule has 3 fully saturated rings. The molecule has 4 aliphatic rings.